The van der Waals surface area contributed by atoms with Crippen LogP contribution >= 0.6 is 0 Å². The van der Waals surface area contributed by atoms with Crippen molar-refractivity contribution in [1.82, 2.24) is 10.6 Å². The van der Waals surface area contributed by atoms with Crippen LogP contribution in [0.5, 0.6) is 0 Å². The molecule has 4 atom stereocenters. The van der Waals surface area contributed by atoms with E-state index in [2.05, 4.69) is 24.5 Å². The molecule has 0 saturated carbocycles. The second-order valence-electron chi connectivity index (χ2n) is 6.44. The maximum absolute atomic E-state index is 12.0. The van der Waals surface area contributed by atoms with Crippen LogP contribution in [0.2, 0.25) is 0 Å². The number of hydrogen-bond acceptors (Lipinski definition) is 3. The number of aliphatic hydroxyl groups excluding tert-OH is 1. The number of carbonyl (C=O) groups excluding carboxylic acids is 2. The summed E-state index contributed by atoms with van der Waals surface area (Å²) < 4.78 is 0. The predicted molar refractivity (Wildman–Crippen MR) is 84.7 cm³/mol. The smallest absolute Gasteiger partial charge is 0.242 e. The number of rotatable bonds is 9. The minimum atomic E-state index is -0.551. The summed E-state index contributed by atoms with van der Waals surface area (Å²) in [5.41, 5.74) is 0. The molecule has 0 aliphatic rings. The number of hydrogen-bond donors (Lipinski definition) is 3. The van der Waals surface area contributed by atoms with Gasteiger partial charge in [-0.05, 0) is 38.5 Å². The summed E-state index contributed by atoms with van der Waals surface area (Å²) in [4.78, 5) is 23.6. The Balaban J connectivity index is 4.29. The number of nitrogens with one attached hydrogen (secondary N) is 2. The largest absolute Gasteiger partial charge is 0.393 e. The fourth-order valence-electron chi connectivity index (χ4n) is 2.35. The van der Waals surface area contributed by atoms with Crippen LogP contribution in [0.3, 0.4) is 0 Å². The molecule has 0 saturated heterocycles. The van der Waals surface area contributed by atoms with Gasteiger partial charge in [0.25, 0.3) is 0 Å². The Morgan fingerprint density at radius 1 is 1.00 bits per heavy atom. The van der Waals surface area contributed by atoms with Crippen LogP contribution < -0.4 is 10.6 Å². The summed E-state index contributed by atoms with van der Waals surface area (Å²) in [5.74, 6) is 0.000390. The van der Waals surface area contributed by atoms with Gasteiger partial charge in [0.05, 0.1) is 6.10 Å². The molecule has 5 heteroatoms. The third-order valence-corrected chi connectivity index (χ3v) is 3.65. The highest BCUT2D eigenvalue weighted by molar-refractivity contribution is 5.87. The zero-order valence-corrected chi connectivity index (χ0v) is 14.3. The Bertz CT molecular complexity index is 331. The molecule has 0 fully saturated rings. The SMILES string of the molecule is CCNC(=O)[C@H](C)NC(=O)[C@H](C)C[C@H](O)[C@@H](C)CC(C)C. The predicted octanol–water partition coefficient (Wildman–Crippen LogP) is 1.70. The van der Waals surface area contributed by atoms with E-state index in [-0.39, 0.29) is 23.7 Å². The standard InChI is InChI=1S/C16H32N2O3/c1-7-17-16(21)13(6)18-15(20)12(5)9-14(19)11(4)8-10(2)3/h10-14,19H,7-9H2,1-6H3,(H,17,21)(H,18,20)/t11-,12+,13-,14-/m0/s1. The number of likely N-dealkylation sites (N-methyl/N-ethyl adjacent to an activating group) is 1. The summed E-state index contributed by atoms with van der Waals surface area (Å²) >= 11 is 0. The second-order valence-corrected chi connectivity index (χ2v) is 6.44. The van der Waals surface area contributed by atoms with Crippen molar-refractivity contribution < 1.29 is 14.7 Å². The van der Waals surface area contributed by atoms with Crippen molar-refractivity contribution in [2.45, 2.75) is 66.5 Å². The lowest BCUT2D eigenvalue weighted by molar-refractivity contribution is -0.131. The molecule has 0 unspecified atom stereocenters. The van der Waals surface area contributed by atoms with E-state index in [1.807, 2.05) is 13.8 Å². The van der Waals surface area contributed by atoms with Crippen molar-refractivity contribution in [3.05, 3.63) is 0 Å². The topological polar surface area (TPSA) is 78.4 Å². The van der Waals surface area contributed by atoms with Crippen LogP contribution in [0.25, 0.3) is 0 Å². The first-order chi connectivity index (χ1) is 9.68. The molecule has 0 heterocycles. The molecule has 5 nitrogen and oxygen atoms in total. The molecule has 21 heavy (non-hydrogen) atoms. The van der Waals surface area contributed by atoms with E-state index in [9.17, 15) is 14.7 Å². The Kier molecular flexibility index (Phi) is 9.26. The van der Waals surface area contributed by atoms with Gasteiger partial charge in [-0.1, -0.05) is 27.7 Å². The highest BCUT2D eigenvalue weighted by atomic mass is 16.3. The van der Waals surface area contributed by atoms with Crippen molar-refractivity contribution >= 4 is 11.8 Å². The lowest BCUT2D eigenvalue weighted by Crippen LogP contribution is -2.46. The molecule has 0 aromatic rings. The maximum Gasteiger partial charge on any atom is 0.242 e. The molecule has 0 spiro atoms. The third kappa shape index (κ3) is 8.05. The van der Waals surface area contributed by atoms with Gasteiger partial charge in [0, 0.05) is 12.5 Å². The third-order valence-electron chi connectivity index (χ3n) is 3.65. The molecule has 2 amide bonds. The lowest BCUT2D eigenvalue weighted by atomic mass is 9.88. The molecule has 0 aromatic heterocycles. The first kappa shape index (κ1) is 19.9. The minimum Gasteiger partial charge on any atom is -0.393 e. The van der Waals surface area contributed by atoms with Gasteiger partial charge >= 0.3 is 0 Å². The van der Waals surface area contributed by atoms with Crippen LogP contribution in [0.4, 0.5) is 0 Å². The summed E-state index contributed by atoms with van der Waals surface area (Å²) in [6.07, 6.45) is 0.861. The molecule has 0 aromatic carbocycles. The highest BCUT2D eigenvalue weighted by Gasteiger charge is 2.24. The lowest BCUT2D eigenvalue weighted by Gasteiger charge is -2.24. The Hall–Kier alpha value is -1.10. The van der Waals surface area contributed by atoms with Crippen molar-refractivity contribution in [3.8, 4) is 0 Å². The van der Waals surface area contributed by atoms with Crippen molar-refractivity contribution in [1.29, 1.82) is 0 Å². The molecular formula is C16H32N2O3. The van der Waals surface area contributed by atoms with E-state index in [4.69, 9.17) is 0 Å². The van der Waals surface area contributed by atoms with Gasteiger partial charge in [-0.25, -0.2) is 0 Å². The molecule has 0 bridgehead atoms. The molecule has 124 valence electrons. The van der Waals surface area contributed by atoms with Crippen molar-refractivity contribution in [2.75, 3.05) is 6.54 Å². The first-order valence-corrected chi connectivity index (χ1v) is 7.95. The number of amides is 2. The van der Waals surface area contributed by atoms with E-state index in [0.717, 1.165) is 6.42 Å². The summed E-state index contributed by atoms with van der Waals surface area (Å²) in [6, 6.07) is -0.551. The minimum absolute atomic E-state index is 0.168. The van der Waals surface area contributed by atoms with Crippen LogP contribution in [0.15, 0.2) is 0 Å². The first-order valence-electron chi connectivity index (χ1n) is 7.95. The summed E-state index contributed by atoms with van der Waals surface area (Å²) in [6.45, 7) is 12.1. The summed E-state index contributed by atoms with van der Waals surface area (Å²) in [7, 11) is 0. The second kappa shape index (κ2) is 9.77. The summed E-state index contributed by atoms with van der Waals surface area (Å²) in [5, 5.41) is 15.5. The number of carbonyl (C=O) groups is 2. The van der Waals surface area contributed by atoms with E-state index in [0.29, 0.717) is 18.9 Å². The van der Waals surface area contributed by atoms with Crippen molar-refractivity contribution in [2.24, 2.45) is 17.8 Å². The zero-order chi connectivity index (χ0) is 16.6. The van der Waals surface area contributed by atoms with Gasteiger partial charge in [0.1, 0.15) is 6.04 Å². The van der Waals surface area contributed by atoms with E-state index in [1.165, 1.54) is 0 Å². The van der Waals surface area contributed by atoms with E-state index < -0.39 is 12.1 Å². The molecule has 0 aliphatic carbocycles. The van der Waals surface area contributed by atoms with Gasteiger partial charge < -0.3 is 15.7 Å². The average molecular weight is 300 g/mol. The van der Waals surface area contributed by atoms with Crippen LogP contribution in [0, 0.1) is 17.8 Å². The zero-order valence-electron chi connectivity index (χ0n) is 14.3. The normalized spacial score (nSPS) is 17.0. The fraction of sp³-hybridized carbons (Fsp3) is 0.875. The van der Waals surface area contributed by atoms with Gasteiger partial charge in [-0.15, -0.1) is 0 Å². The van der Waals surface area contributed by atoms with Gasteiger partial charge in [-0.3, -0.25) is 9.59 Å². The Morgan fingerprint density at radius 3 is 2.05 bits per heavy atom. The Morgan fingerprint density at radius 2 is 1.57 bits per heavy atom. The Labute approximate surface area is 128 Å². The fourth-order valence-corrected chi connectivity index (χ4v) is 2.35. The molecule has 0 aliphatic heterocycles. The quantitative estimate of drug-likeness (QED) is 0.606. The van der Waals surface area contributed by atoms with Crippen molar-refractivity contribution in [3.63, 3.8) is 0 Å². The van der Waals surface area contributed by atoms with Gasteiger partial charge in [0.2, 0.25) is 11.8 Å². The molecule has 0 radical (unpaired) electrons. The molecular weight excluding hydrogens is 268 g/mol. The average Bonchev–Trinajstić information content (AvgIpc) is 2.37. The number of aliphatic hydroxyl groups is 1. The molecule has 3 N–H and O–H groups in total. The van der Waals surface area contributed by atoms with Gasteiger partial charge in [0.15, 0.2) is 0 Å². The van der Waals surface area contributed by atoms with Gasteiger partial charge in [-0.2, -0.15) is 0 Å². The van der Waals surface area contributed by atoms with E-state index in [1.54, 1.807) is 13.8 Å². The molecule has 0 rings (SSSR count). The monoisotopic (exact) mass is 300 g/mol. The highest BCUT2D eigenvalue weighted by Crippen LogP contribution is 2.20. The van der Waals surface area contributed by atoms with E-state index >= 15 is 0 Å². The van der Waals surface area contributed by atoms with Crippen LogP contribution in [-0.4, -0.2) is 35.6 Å². The van der Waals surface area contributed by atoms with Crippen LogP contribution in [0.1, 0.15) is 54.4 Å². The van der Waals surface area contributed by atoms with Crippen LogP contribution in [-0.2, 0) is 9.59 Å². The maximum atomic E-state index is 12.0.